The molecule has 0 saturated heterocycles. The van der Waals surface area contributed by atoms with Crippen LogP contribution in [0.4, 0.5) is 0 Å². The molecule has 0 aromatic rings. The van der Waals surface area contributed by atoms with E-state index < -0.39 is 6.10 Å². The van der Waals surface area contributed by atoms with Gasteiger partial charge in [-0.3, -0.25) is 9.59 Å². The van der Waals surface area contributed by atoms with Gasteiger partial charge in [0.2, 0.25) is 0 Å². The molecule has 0 heterocycles. The minimum Gasteiger partial charge on any atom is -0.469 e. The van der Waals surface area contributed by atoms with Crippen molar-refractivity contribution < 1.29 is 19.4 Å². The number of hydrogen-bond acceptors (Lipinski definition) is 4. The molecule has 4 heteroatoms. The number of unbranched alkanes of at least 4 members (excludes halogenated alkanes) is 5. The van der Waals surface area contributed by atoms with Crippen molar-refractivity contribution >= 4 is 11.8 Å². The Hall–Kier alpha value is -1.42. The van der Waals surface area contributed by atoms with Crippen molar-refractivity contribution in [2.45, 2.75) is 77.2 Å². The number of aliphatic hydroxyl groups excluding tert-OH is 1. The Morgan fingerprint density at radius 1 is 1.24 bits per heavy atom. The second-order valence-electron chi connectivity index (χ2n) is 6.92. The summed E-state index contributed by atoms with van der Waals surface area (Å²) in [6, 6.07) is 0. The lowest BCUT2D eigenvalue weighted by Crippen LogP contribution is -2.15. The first-order chi connectivity index (χ1) is 12.1. The Morgan fingerprint density at radius 3 is 2.72 bits per heavy atom. The molecule has 25 heavy (non-hydrogen) atoms. The minimum absolute atomic E-state index is 0.0136. The summed E-state index contributed by atoms with van der Waals surface area (Å²) in [6.07, 6.45) is 16.4. The predicted octanol–water partition coefficient (Wildman–Crippen LogP) is 4.37. The van der Waals surface area contributed by atoms with E-state index in [1.165, 1.54) is 7.11 Å². The molecule has 0 aliphatic heterocycles. The van der Waals surface area contributed by atoms with E-state index in [0.29, 0.717) is 6.42 Å². The molecular weight excluding hydrogens is 316 g/mol. The summed E-state index contributed by atoms with van der Waals surface area (Å²) in [5.41, 5.74) is 0. The van der Waals surface area contributed by atoms with Crippen molar-refractivity contribution in [2.24, 2.45) is 11.8 Å². The number of methoxy groups -OCH3 is 1. The number of allylic oxidation sites excluding steroid dienone is 3. The molecule has 0 aromatic carbocycles. The SMILES string of the molecule is CCCCCC(O)/C=C/[C@H]1C=CC(=O)[C@@H]1CCCCCCC(=O)OC. The molecule has 0 aromatic heterocycles. The largest absolute Gasteiger partial charge is 0.469 e. The fraction of sp³-hybridized carbons (Fsp3) is 0.714. The van der Waals surface area contributed by atoms with Crippen molar-refractivity contribution in [1.82, 2.24) is 0 Å². The molecule has 3 atom stereocenters. The van der Waals surface area contributed by atoms with Gasteiger partial charge in [0.15, 0.2) is 5.78 Å². The van der Waals surface area contributed by atoms with Gasteiger partial charge in [0.05, 0.1) is 13.2 Å². The summed E-state index contributed by atoms with van der Waals surface area (Å²) in [5.74, 6) is 0.172. The highest BCUT2D eigenvalue weighted by molar-refractivity contribution is 5.94. The Kier molecular flexibility index (Phi) is 11.1. The van der Waals surface area contributed by atoms with Crippen LogP contribution < -0.4 is 0 Å². The normalized spacial score (nSPS) is 21.2. The molecule has 1 aliphatic carbocycles. The first-order valence-electron chi connectivity index (χ1n) is 9.73. The molecule has 0 saturated carbocycles. The number of hydrogen-bond donors (Lipinski definition) is 1. The van der Waals surface area contributed by atoms with Crippen molar-refractivity contribution in [3.05, 3.63) is 24.3 Å². The number of aliphatic hydroxyl groups is 1. The molecular formula is C21H34O4. The first kappa shape index (κ1) is 21.6. The Bertz CT molecular complexity index is 453. The average molecular weight is 350 g/mol. The number of esters is 1. The van der Waals surface area contributed by atoms with Crippen LogP contribution in [0.1, 0.15) is 71.1 Å². The Morgan fingerprint density at radius 2 is 2.00 bits per heavy atom. The average Bonchev–Trinajstić information content (AvgIpc) is 2.96. The standard InChI is InChI=1S/C21H34O4/c1-3-4-7-10-18(22)15-13-17-14-16-20(23)19(17)11-8-5-6-9-12-21(24)25-2/h13-19,22H,3-12H2,1-2H3/b15-13+/t17-,18?,19+/m0/s1. The predicted molar refractivity (Wildman–Crippen MR) is 100 cm³/mol. The summed E-state index contributed by atoms with van der Waals surface area (Å²) in [6.45, 7) is 2.15. The highest BCUT2D eigenvalue weighted by atomic mass is 16.5. The van der Waals surface area contributed by atoms with Crippen LogP contribution in [0.25, 0.3) is 0 Å². The summed E-state index contributed by atoms with van der Waals surface area (Å²) in [7, 11) is 1.41. The van der Waals surface area contributed by atoms with Crippen LogP contribution in [0.5, 0.6) is 0 Å². The first-order valence-corrected chi connectivity index (χ1v) is 9.73. The van der Waals surface area contributed by atoms with E-state index in [1.807, 2.05) is 18.2 Å². The van der Waals surface area contributed by atoms with Gasteiger partial charge in [0.1, 0.15) is 0 Å². The number of ether oxygens (including phenoxy) is 1. The van der Waals surface area contributed by atoms with Crippen molar-refractivity contribution in [3.63, 3.8) is 0 Å². The number of carbonyl (C=O) groups excluding carboxylic acids is 2. The van der Waals surface area contributed by atoms with E-state index in [2.05, 4.69) is 11.7 Å². The molecule has 0 fully saturated rings. The van der Waals surface area contributed by atoms with Crippen molar-refractivity contribution in [3.8, 4) is 0 Å². The second kappa shape index (κ2) is 12.9. The monoisotopic (exact) mass is 350 g/mol. The van der Waals surface area contributed by atoms with E-state index in [9.17, 15) is 14.7 Å². The third-order valence-electron chi connectivity index (χ3n) is 4.85. The molecule has 0 bridgehead atoms. The lowest BCUT2D eigenvalue weighted by molar-refractivity contribution is -0.140. The zero-order chi connectivity index (χ0) is 18.5. The van der Waals surface area contributed by atoms with Gasteiger partial charge in [-0.2, -0.15) is 0 Å². The Labute approximate surface area is 152 Å². The van der Waals surface area contributed by atoms with E-state index in [4.69, 9.17) is 0 Å². The highest BCUT2D eigenvalue weighted by Gasteiger charge is 2.27. The van der Waals surface area contributed by atoms with Crippen LogP contribution in [0, 0.1) is 11.8 Å². The topological polar surface area (TPSA) is 63.6 Å². The fourth-order valence-corrected chi connectivity index (χ4v) is 3.23. The van der Waals surface area contributed by atoms with Crippen LogP contribution in [0.15, 0.2) is 24.3 Å². The molecule has 142 valence electrons. The minimum atomic E-state index is -0.408. The number of rotatable bonds is 13. The smallest absolute Gasteiger partial charge is 0.305 e. The van der Waals surface area contributed by atoms with Gasteiger partial charge < -0.3 is 9.84 Å². The number of carbonyl (C=O) groups is 2. The quantitative estimate of drug-likeness (QED) is 0.304. The maximum atomic E-state index is 12.0. The summed E-state index contributed by atoms with van der Waals surface area (Å²) in [5, 5.41) is 9.99. The van der Waals surface area contributed by atoms with Gasteiger partial charge in [-0.1, -0.05) is 63.7 Å². The molecule has 0 spiro atoms. The van der Waals surface area contributed by atoms with Crippen LogP contribution in [-0.4, -0.2) is 30.1 Å². The summed E-state index contributed by atoms with van der Waals surface area (Å²) in [4.78, 5) is 23.1. The molecule has 1 aliphatic rings. The van der Waals surface area contributed by atoms with Crippen LogP contribution in [0.2, 0.25) is 0 Å². The molecule has 1 unspecified atom stereocenters. The van der Waals surface area contributed by atoms with Gasteiger partial charge >= 0.3 is 5.97 Å². The van der Waals surface area contributed by atoms with E-state index in [1.54, 1.807) is 6.08 Å². The van der Waals surface area contributed by atoms with Crippen LogP contribution in [-0.2, 0) is 14.3 Å². The van der Waals surface area contributed by atoms with Crippen LogP contribution >= 0.6 is 0 Å². The molecule has 0 amide bonds. The molecule has 1 N–H and O–H groups in total. The molecule has 1 rings (SSSR count). The van der Waals surface area contributed by atoms with E-state index >= 15 is 0 Å². The highest BCUT2D eigenvalue weighted by Crippen LogP contribution is 2.29. The van der Waals surface area contributed by atoms with E-state index in [-0.39, 0.29) is 23.6 Å². The third-order valence-corrected chi connectivity index (χ3v) is 4.85. The summed E-state index contributed by atoms with van der Waals surface area (Å²) < 4.78 is 4.62. The molecule has 4 nitrogen and oxygen atoms in total. The maximum Gasteiger partial charge on any atom is 0.305 e. The zero-order valence-corrected chi connectivity index (χ0v) is 15.8. The van der Waals surface area contributed by atoms with Gasteiger partial charge in [-0.15, -0.1) is 0 Å². The lowest BCUT2D eigenvalue weighted by atomic mass is 9.88. The van der Waals surface area contributed by atoms with Crippen molar-refractivity contribution in [2.75, 3.05) is 7.11 Å². The lowest BCUT2D eigenvalue weighted by Gasteiger charge is -2.15. The fourth-order valence-electron chi connectivity index (χ4n) is 3.23. The zero-order valence-electron chi connectivity index (χ0n) is 15.8. The van der Waals surface area contributed by atoms with Gasteiger partial charge in [-0.05, 0) is 25.3 Å². The van der Waals surface area contributed by atoms with Gasteiger partial charge in [0, 0.05) is 18.3 Å². The van der Waals surface area contributed by atoms with Gasteiger partial charge in [0.25, 0.3) is 0 Å². The maximum absolute atomic E-state index is 12.0. The number of ketones is 1. The molecule has 0 radical (unpaired) electrons. The van der Waals surface area contributed by atoms with Gasteiger partial charge in [-0.25, -0.2) is 0 Å². The third kappa shape index (κ3) is 9.01. The Balaban J connectivity index is 2.27. The van der Waals surface area contributed by atoms with Crippen molar-refractivity contribution in [1.29, 1.82) is 0 Å². The summed E-state index contributed by atoms with van der Waals surface area (Å²) >= 11 is 0. The van der Waals surface area contributed by atoms with Crippen LogP contribution in [0.3, 0.4) is 0 Å². The second-order valence-corrected chi connectivity index (χ2v) is 6.92. The van der Waals surface area contributed by atoms with E-state index in [0.717, 1.165) is 57.8 Å².